The summed E-state index contributed by atoms with van der Waals surface area (Å²) in [6.45, 7) is 2.26. The van der Waals surface area contributed by atoms with Gasteiger partial charge < -0.3 is 0 Å². The van der Waals surface area contributed by atoms with Crippen molar-refractivity contribution in [2.24, 2.45) is 0 Å². The Morgan fingerprint density at radius 3 is 2.60 bits per heavy atom. The second-order valence-electron chi connectivity index (χ2n) is 3.65. The Balaban J connectivity index is 2.07. The molecule has 0 aliphatic heterocycles. The van der Waals surface area contributed by atoms with Crippen molar-refractivity contribution in [3.63, 3.8) is 0 Å². The van der Waals surface area contributed by atoms with Crippen molar-refractivity contribution in [1.29, 1.82) is 0 Å². The van der Waals surface area contributed by atoms with Crippen molar-refractivity contribution in [1.82, 2.24) is 0 Å². The van der Waals surface area contributed by atoms with E-state index in [1.165, 1.54) is 36.6 Å². The summed E-state index contributed by atoms with van der Waals surface area (Å²) in [6, 6.07) is 10.7. The molecule has 0 saturated carbocycles. The fourth-order valence-corrected chi connectivity index (χ4v) is 2.86. The van der Waals surface area contributed by atoms with Gasteiger partial charge in [0, 0.05) is 0 Å². The zero-order valence-electron chi connectivity index (χ0n) is 9.49. The molecule has 0 amide bonds. The van der Waals surface area contributed by atoms with Gasteiger partial charge in [-0.1, -0.05) is 0 Å². The van der Waals surface area contributed by atoms with Crippen LogP contribution in [0.25, 0.3) is 0 Å². The third-order valence-electron chi connectivity index (χ3n) is 2.27. The van der Waals surface area contributed by atoms with Crippen LogP contribution in [0.3, 0.4) is 0 Å². The maximum atomic E-state index is 2.36. The molecule has 0 atom stereocenters. The molecular weight excluding hydrogens is 247 g/mol. The van der Waals surface area contributed by atoms with Crippen LogP contribution in [0, 0.1) is 0 Å². The predicted octanol–water partition coefficient (Wildman–Crippen LogP) is 3.50. The molecule has 0 radical (unpaired) electrons. The number of hydrogen-bond acceptors (Lipinski definition) is 0. The van der Waals surface area contributed by atoms with E-state index in [1.807, 2.05) is 0 Å². The van der Waals surface area contributed by atoms with E-state index in [4.69, 9.17) is 0 Å². The number of unbranched alkanes of at least 4 members (excludes halogenated alkanes) is 4. The molecule has 82 valence electrons. The number of benzene rings is 1. The molecule has 1 aromatic carbocycles. The fourth-order valence-electron chi connectivity index (χ4n) is 1.38. The normalized spacial score (nSPS) is 11.0. The van der Waals surface area contributed by atoms with Gasteiger partial charge in [-0.3, -0.25) is 0 Å². The first kappa shape index (κ1) is 12.5. The molecule has 0 aromatic heterocycles. The Morgan fingerprint density at radius 2 is 1.87 bits per heavy atom. The Hall–Kier alpha value is -0.521. The molecule has 0 aliphatic carbocycles. The average Bonchev–Trinajstić information content (AvgIpc) is 2.29. The molecule has 0 spiro atoms. The van der Waals surface area contributed by atoms with Crippen LogP contribution >= 0.6 is 0 Å². The second-order valence-corrected chi connectivity index (χ2v) is 5.71. The molecule has 0 nitrogen and oxygen atoms in total. The van der Waals surface area contributed by atoms with Crippen LogP contribution in [0.4, 0.5) is 0 Å². The summed E-state index contributed by atoms with van der Waals surface area (Å²) in [4.78, 5) is 2.36. The van der Waals surface area contributed by atoms with E-state index < -0.39 is 0 Å². The standard InChI is InChI=1S/C14H20Se/c1-2-3-4-5-6-10-13-15-14-11-8-7-9-12-14/h7-13H,2-6H2,1H3/b13-10+. The monoisotopic (exact) mass is 268 g/mol. The van der Waals surface area contributed by atoms with Crippen LogP contribution in [0.1, 0.15) is 39.0 Å². The molecular formula is C14H20Se. The molecule has 0 bridgehead atoms. The molecule has 0 unspecified atom stereocenters. The summed E-state index contributed by atoms with van der Waals surface area (Å²) in [5, 5.41) is 0. The average molecular weight is 267 g/mol. The van der Waals surface area contributed by atoms with Gasteiger partial charge in [0.05, 0.1) is 0 Å². The minimum atomic E-state index is 0.534. The van der Waals surface area contributed by atoms with Crippen molar-refractivity contribution in [2.45, 2.75) is 39.0 Å². The van der Waals surface area contributed by atoms with Gasteiger partial charge in [-0.05, 0) is 0 Å². The topological polar surface area (TPSA) is 0 Å². The summed E-state index contributed by atoms with van der Waals surface area (Å²) in [7, 11) is 0. The van der Waals surface area contributed by atoms with E-state index in [-0.39, 0.29) is 0 Å². The molecule has 0 N–H and O–H groups in total. The Bertz CT molecular complexity index is 264. The first-order valence-corrected chi connectivity index (χ1v) is 7.64. The van der Waals surface area contributed by atoms with Crippen molar-refractivity contribution in [2.75, 3.05) is 0 Å². The van der Waals surface area contributed by atoms with Gasteiger partial charge >= 0.3 is 99.8 Å². The van der Waals surface area contributed by atoms with E-state index in [0.29, 0.717) is 15.0 Å². The SMILES string of the molecule is CCCCCC/C=C/[Se]c1ccccc1. The van der Waals surface area contributed by atoms with Crippen LogP contribution in [0.2, 0.25) is 0 Å². The summed E-state index contributed by atoms with van der Waals surface area (Å²) in [5.41, 5.74) is 0. The van der Waals surface area contributed by atoms with Gasteiger partial charge in [0.25, 0.3) is 0 Å². The molecule has 0 aliphatic rings. The van der Waals surface area contributed by atoms with Crippen LogP contribution in [0.15, 0.2) is 41.4 Å². The van der Waals surface area contributed by atoms with Crippen LogP contribution < -0.4 is 4.46 Å². The zero-order chi connectivity index (χ0) is 10.8. The van der Waals surface area contributed by atoms with Crippen LogP contribution in [-0.4, -0.2) is 15.0 Å². The first-order chi connectivity index (χ1) is 7.43. The van der Waals surface area contributed by atoms with Gasteiger partial charge in [0.2, 0.25) is 0 Å². The van der Waals surface area contributed by atoms with Gasteiger partial charge in [-0.2, -0.15) is 0 Å². The summed E-state index contributed by atoms with van der Waals surface area (Å²) in [6.07, 6.45) is 9.07. The van der Waals surface area contributed by atoms with Crippen molar-refractivity contribution >= 4 is 19.4 Å². The molecule has 15 heavy (non-hydrogen) atoms. The maximum absolute atomic E-state index is 2.36. The molecule has 1 heteroatoms. The Morgan fingerprint density at radius 1 is 1.07 bits per heavy atom. The minimum absolute atomic E-state index is 0.534. The van der Waals surface area contributed by atoms with E-state index in [2.05, 4.69) is 48.3 Å². The Labute approximate surface area is 99.9 Å². The number of rotatable bonds is 7. The second kappa shape index (κ2) is 8.76. The van der Waals surface area contributed by atoms with Gasteiger partial charge in [0.15, 0.2) is 0 Å². The number of hydrogen-bond donors (Lipinski definition) is 0. The summed E-state index contributed by atoms with van der Waals surface area (Å²) >= 11 is 0.534. The molecule has 0 fully saturated rings. The van der Waals surface area contributed by atoms with Crippen LogP contribution in [0.5, 0.6) is 0 Å². The fraction of sp³-hybridized carbons (Fsp3) is 0.429. The van der Waals surface area contributed by atoms with E-state index in [0.717, 1.165) is 0 Å². The molecule has 0 saturated heterocycles. The van der Waals surface area contributed by atoms with E-state index >= 15 is 0 Å². The number of allylic oxidation sites excluding steroid dienone is 1. The molecule has 1 aromatic rings. The summed E-state index contributed by atoms with van der Waals surface area (Å²) in [5.74, 6) is 0. The molecule has 0 heterocycles. The van der Waals surface area contributed by atoms with E-state index in [1.54, 1.807) is 0 Å². The van der Waals surface area contributed by atoms with Gasteiger partial charge in [-0.15, -0.1) is 0 Å². The zero-order valence-corrected chi connectivity index (χ0v) is 11.2. The van der Waals surface area contributed by atoms with Gasteiger partial charge in [-0.25, -0.2) is 0 Å². The van der Waals surface area contributed by atoms with Crippen LogP contribution in [-0.2, 0) is 0 Å². The van der Waals surface area contributed by atoms with E-state index in [9.17, 15) is 0 Å². The molecule has 1 rings (SSSR count). The Kier molecular flexibility index (Phi) is 7.33. The quantitative estimate of drug-likeness (QED) is 0.524. The van der Waals surface area contributed by atoms with Gasteiger partial charge in [0.1, 0.15) is 0 Å². The third-order valence-corrected chi connectivity index (χ3v) is 4.10. The van der Waals surface area contributed by atoms with Crippen molar-refractivity contribution < 1.29 is 0 Å². The van der Waals surface area contributed by atoms with Crippen molar-refractivity contribution in [3.8, 4) is 0 Å². The summed E-state index contributed by atoms with van der Waals surface area (Å²) < 4.78 is 1.47. The third kappa shape index (κ3) is 6.54. The van der Waals surface area contributed by atoms with Crippen molar-refractivity contribution in [3.05, 3.63) is 41.4 Å². The predicted molar refractivity (Wildman–Crippen MR) is 69.7 cm³/mol. The first-order valence-electron chi connectivity index (χ1n) is 5.80.